The van der Waals surface area contributed by atoms with Crippen molar-refractivity contribution in [2.75, 3.05) is 7.05 Å². The molecule has 0 fully saturated rings. The van der Waals surface area contributed by atoms with Gasteiger partial charge in [0.1, 0.15) is 5.58 Å². The van der Waals surface area contributed by atoms with Gasteiger partial charge < -0.3 is 9.32 Å². The summed E-state index contributed by atoms with van der Waals surface area (Å²) in [5, 5.41) is 11.9. The van der Waals surface area contributed by atoms with Gasteiger partial charge >= 0.3 is 0 Å². The molecule has 0 N–H and O–H groups in total. The molecule has 0 spiro atoms. The van der Waals surface area contributed by atoms with E-state index in [4.69, 9.17) is 4.42 Å². The van der Waals surface area contributed by atoms with Gasteiger partial charge in [0.2, 0.25) is 0 Å². The maximum Gasteiger partial charge on any atom is 0.290 e. The van der Waals surface area contributed by atoms with Gasteiger partial charge in [-0.3, -0.25) is 14.9 Å². The van der Waals surface area contributed by atoms with Crippen molar-refractivity contribution < 1.29 is 14.1 Å². The summed E-state index contributed by atoms with van der Waals surface area (Å²) in [7, 11) is 1.67. The summed E-state index contributed by atoms with van der Waals surface area (Å²) in [6.45, 7) is 3.68. The van der Waals surface area contributed by atoms with Crippen LogP contribution in [-0.2, 0) is 0 Å². The lowest BCUT2D eigenvalue weighted by molar-refractivity contribution is -0.384. The Balaban J connectivity index is 1.92. The van der Waals surface area contributed by atoms with Crippen LogP contribution in [0.4, 0.5) is 5.69 Å². The van der Waals surface area contributed by atoms with Crippen molar-refractivity contribution in [1.82, 2.24) is 4.90 Å². The van der Waals surface area contributed by atoms with Gasteiger partial charge in [-0.2, -0.15) is 0 Å². The maximum atomic E-state index is 12.9. The van der Waals surface area contributed by atoms with Crippen LogP contribution in [0.2, 0.25) is 0 Å². The molecule has 128 valence electrons. The van der Waals surface area contributed by atoms with Crippen molar-refractivity contribution in [3.05, 3.63) is 75.5 Å². The molecule has 6 nitrogen and oxygen atoms in total. The normalized spacial score (nSPS) is 12.1. The Morgan fingerprint density at radius 2 is 1.92 bits per heavy atom. The molecule has 1 atom stereocenters. The van der Waals surface area contributed by atoms with Crippen molar-refractivity contribution in [3.8, 4) is 0 Å². The average Bonchev–Trinajstić information content (AvgIpc) is 2.97. The first-order valence-electron chi connectivity index (χ1n) is 7.89. The fourth-order valence-electron chi connectivity index (χ4n) is 2.84. The predicted molar refractivity (Wildman–Crippen MR) is 94.6 cm³/mol. The molecular weight excluding hydrogens is 320 g/mol. The number of nitrogens with zero attached hydrogens (tertiary/aromatic N) is 2. The van der Waals surface area contributed by atoms with E-state index in [0.717, 1.165) is 10.9 Å². The van der Waals surface area contributed by atoms with Crippen LogP contribution in [0.25, 0.3) is 11.0 Å². The van der Waals surface area contributed by atoms with E-state index in [0.29, 0.717) is 16.9 Å². The summed E-state index contributed by atoms with van der Waals surface area (Å²) in [5.74, 6) is 0.0358. The molecule has 3 rings (SSSR count). The fourth-order valence-corrected chi connectivity index (χ4v) is 2.84. The number of rotatable bonds is 4. The minimum atomic E-state index is -0.443. The maximum absolute atomic E-state index is 12.9. The number of hydrogen-bond donors (Lipinski definition) is 0. The van der Waals surface area contributed by atoms with Crippen LogP contribution >= 0.6 is 0 Å². The molecular formula is C19H18N2O4. The molecule has 1 amide bonds. The Bertz CT molecular complexity index is 961. The second-order valence-corrected chi connectivity index (χ2v) is 6.00. The third-order valence-electron chi connectivity index (χ3n) is 4.50. The van der Waals surface area contributed by atoms with Gasteiger partial charge in [-0.15, -0.1) is 0 Å². The minimum Gasteiger partial charge on any atom is -0.451 e. The number of amides is 1. The van der Waals surface area contributed by atoms with Crippen molar-refractivity contribution in [3.63, 3.8) is 0 Å². The van der Waals surface area contributed by atoms with Gasteiger partial charge in [0.05, 0.1) is 11.0 Å². The molecule has 1 unspecified atom stereocenters. The lowest BCUT2D eigenvalue weighted by Gasteiger charge is -2.24. The van der Waals surface area contributed by atoms with Crippen molar-refractivity contribution in [1.29, 1.82) is 0 Å². The van der Waals surface area contributed by atoms with Gasteiger partial charge in [0, 0.05) is 30.1 Å². The molecule has 0 aliphatic heterocycles. The molecule has 0 saturated carbocycles. The highest BCUT2D eigenvalue weighted by molar-refractivity contribution is 5.99. The van der Waals surface area contributed by atoms with Gasteiger partial charge in [-0.05, 0) is 25.5 Å². The number of aryl methyl sites for hydroxylation is 1. The van der Waals surface area contributed by atoms with E-state index < -0.39 is 4.92 Å². The Hall–Kier alpha value is -3.15. The Morgan fingerprint density at radius 1 is 1.20 bits per heavy atom. The number of non-ortho nitro benzene ring substituents is 1. The summed E-state index contributed by atoms with van der Waals surface area (Å²) >= 11 is 0. The number of hydrogen-bond acceptors (Lipinski definition) is 4. The van der Waals surface area contributed by atoms with Crippen LogP contribution in [-0.4, -0.2) is 22.8 Å². The van der Waals surface area contributed by atoms with Crippen LogP contribution < -0.4 is 0 Å². The topological polar surface area (TPSA) is 76.6 Å². The van der Waals surface area contributed by atoms with Gasteiger partial charge in [0.25, 0.3) is 11.6 Å². The van der Waals surface area contributed by atoms with E-state index in [1.54, 1.807) is 19.2 Å². The first-order chi connectivity index (χ1) is 11.9. The summed E-state index contributed by atoms with van der Waals surface area (Å²) in [6.07, 6.45) is 0. The number of nitro benzene ring substituents is 1. The molecule has 6 heteroatoms. The number of carbonyl (C=O) groups is 1. The number of furan rings is 1. The minimum absolute atomic E-state index is 0.00474. The molecule has 2 aromatic carbocycles. The third-order valence-corrected chi connectivity index (χ3v) is 4.50. The smallest absolute Gasteiger partial charge is 0.290 e. The zero-order chi connectivity index (χ0) is 18.1. The largest absolute Gasteiger partial charge is 0.451 e. The predicted octanol–water partition coefficient (Wildman–Crippen LogP) is 4.48. The van der Waals surface area contributed by atoms with Crippen molar-refractivity contribution in [2.24, 2.45) is 0 Å². The highest BCUT2D eigenvalue weighted by Crippen LogP contribution is 2.29. The molecule has 25 heavy (non-hydrogen) atoms. The summed E-state index contributed by atoms with van der Waals surface area (Å²) < 4.78 is 5.73. The quantitative estimate of drug-likeness (QED) is 0.519. The highest BCUT2D eigenvalue weighted by atomic mass is 16.6. The Morgan fingerprint density at radius 3 is 2.60 bits per heavy atom. The van der Waals surface area contributed by atoms with Gasteiger partial charge in [-0.1, -0.05) is 30.3 Å². The second-order valence-electron chi connectivity index (χ2n) is 6.00. The van der Waals surface area contributed by atoms with Crippen LogP contribution in [0.3, 0.4) is 0 Å². The number of carbonyl (C=O) groups excluding carboxylic acids is 1. The first-order valence-corrected chi connectivity index (χ1v) is 7.89. The second kappa shape index (κ2) is 6.39. The molecule has 0 bridgehead atoms. The monoisotopic (exact) mass is 338 g/mol. The van der Waals surface area contributed by atoms with Gasteiger partial charge in [-0.25, -0.2) is 0 Å². The summed E-state index contributed by atoms with van der Waals surface area (Å²) in [6, 6.07) is 13.5. The number of para-hydroxylation sites is 1. The average molecular weight is 338 g/mol. The van der Waals surface area contributed by atoms with Gasteiger partial charge in [0.15, 0.2) is 5.76 Å². The molecule has 0 saturated heterocycles. The molecule has 0 aliphatic carbocycles. The summed E-state index contributed by atoms with van der Waals surface area (Å²) in [5.41, 5.74) is 2.15. The number of benzene rings is 2. The lowest BCUT2D eigenvalue weighted by Crippen LogP contribution is -2.29. The SMILES string of the molecule is Cc1c(C(=O)N(C)C(C)c2cccc([N+](=O)[O-])c2)oc2ccccc12. The highest BCUT2D eigenvalue weighted by Gasteiger charge is 2.25. The molecule has 3 aromatic rings. The third kappa shape index (κ3) is 2.98. The van der Waals surface area contributed by atoms with E-state index in [1.807, 2.05) is 38.1 Å². The van der Waals surface area contributed by atoms with Crippen LogP contribution in [0.5, 0.6) is 0 Å². The first kappa shape index (κ1) is 16.7. The summed E-state index contributed by atoms with van der Waals surface area (Å²) in [4.78, 5) is 24.9. The molecule has 1 aromatic heterocycles. The Labute approximate surface area is 144 Å². The number of nitro groups is 1. The van der Waals surface area contributed by atoms with Crippen LogP contribution in [0.1, 0.15) is 34.6 Å². The molecule has 1 heterocycles. The molecule has 0 aliphatic rings. The molecule has 0 radical (unpaired) electrons. The van der Waals surface area contributed by atoms with E-state index in [9.17, 15) is 14.9 Å². The standard InChI is InChI=1S/C19H18N2O4/c1-12-16-9-4-5-10-17(16)25-18(12)19(22)20(3)13(2)14-7-6-8-15(11-14)21(23)24/h4-11,13H,1-3H3. The van der Waals surface area contributed by atoms with Crippen molar-refractivity contribution >= 4 is 22.6 Å². The zero-order valence-electron chi connectivity index (χ0n) is 14.2. The Kier molecular flexibility index (Phi) is 4.27. The zero-order valence-corrected chi connectivity index (χ0v) is 14.2. The van der Waals surface area contributed by atoms with E-state index in [1.165, 1.54) is 17.0 Å². The number of fused-ring (bicyclic) bond motifs is 1. The van der Waals surface area contributed by atoms with Crippen molar-refractivity contribution in [2.45, 2.75) is 19.9 Å². The fraction of sp³-hybridized carbons (Fsp3) is 0.211. The van der Waals surface area contributed by atoms with Crippen LogP contribution in [0.15, 0.2) is 52.9 Å². The van der Waals surface area contributed by atoms with E-state index in [2.05, 4.69) is 0 Å². The van der Waals surface area contributed by atoms with Crippen LogP contribution in [0, 0.1) is 17.0 Å². The van der Waals surface area contributed by atoms with E-state index in [-0.39, 0.29) is 17.6 Å². The lowest BCUT2D eigenvalue weighted by atomic mass is 10.1. The van der Waals surface area contributed by atoms with E-state index >= 15 is 0 Å².